The van der Waals surface area contributed by atoms with Gasteiger partial charge in [-0.1, -0.05) is 51.4 Å². The van der Waals surface area contributed by atoms with Gasteiger partial charge in [-0.25, -0.2) is 28.2 Å². The lowest BCUT2D eigenvalue weighted by Crippen LogP contribution is -2.32. The Hall–Kier alpha value is -6.96. The SMILES string of the molecule is OCCCCCCC[n+]1ccc(-c2c3nc(c(-c4cc[n+](CCCCCCCO)cc4)c4ccc([nH]4)c(-c4cc[n+](CCCCCCCO)cc4)c4nc(c(-c5cc[n+](CCCCCCCO)cc5)c5ccc2[nH]5)C=C4)C=C3)cc1. The molecule has 2 aliphatic rings. The minimum absolute atomic E-state index is 0.263. The van der Waals surface area contributed by atoms with E-state index in [1.54, 1.807) is 0 Å². The molecule has 0 spiro atoms. The third kappa shape index (κ3) is 15.7. The molecular formula is C68H86N8O4+4. The number of aliphatic hydroxyl groups is 4. The minimum Gasteiger partial charge on any atom is -0.396 e. The number of pyridine rings is 4. The molecule has 0 atom stereocenters. The number of aromatic nitrogens is 8. The number of hydrogen-bond donors (Lipinski definition) is 6. The Bertz CT molecular complexity index is 2840. The van der Waals surface area contributed by atoms with Crippen molar-refractivity contribution in [1.29, 1.82) is 0 Å². The van der Waals surface area contributed by atoms with Gasteiger partial charge >= 0.3 is 0 Å². The average Bonchev–Trinajstić information content (AvgIpc) is 4.38. The quantitative estimate of drug-likeness (QED) is 0.0182. The van der Waals surface area contributed by atoms with Gasteiger partial charge in [0.25, 0.3) is 0 Å². The molecule has 0 unspecified atom stereocenters. The number of unbranched alkanes of at least 4 members (excludes halogenated alkanes) is 16. The van der Waals surface area contributed by atoms with Crippen molar-refractivity contribution in [3.63, 3.8) is 0 Å². The van der Waals surface area contributed by atoms with Crippen LogP contribution in [0.3, 0.4) is 0 Å². The topological polar surface area (TPSA) is 154 Å². The van der Waals surface area contributed by atoms with E-state index >= 15 is 0 Å². The van der Waals surface area contributed by atoms with Crippen LogP contribution in [-0.4, -0.2) is 66.8 Å². The Labute approximate surface area is 473 Å². The highest BCUT2D eigenvalue weighted by Crippen LogP contribution is 2.38. The maximum Gasteiger partial charge on any atom is 0.169 e. The third-order valence-electron chi connectivity index (χ3n) is 15.8. The van der Waals surface area contributed by atoms with Crippen molar-refractivity contribution in [2.24, 2.45) is 0 Å². The second-order valence-corrected chi connectivity index (χ2v) is 21.8. The molecule has 9 rings (SSSR count). The fourth-order valence-corrected chi connectivity index (χ4v) is 11.3. The minimum atomic E-state index is 0.263. The van der Waals surface area contributed by atoms with Gasteiger partial charge in [0.2, 0.25) is 0 Å². The van der Waals surface area contributed by atoms with Crippen molar-refractivity contribution >= 4 is 46.4 Å². The van der Waals surface area contributed by atoms with Crippen LogP contribution in [-0.2, 0) is 26.2 Å². The van der Waals surface area contributed by atoms with Gasteiger partial charge in [-0.2, -0.15) is 0 Å². The monoisotopic (exact) mass is 1080 g/mol. The van der Waals surface area contributed by atoms with E-state index in [0.29, 0.717) is 0 Å². The number of nitrogens with one attached hydrogen (secondary N) is 2. The van der Waals surface area contributed by atoms with Gasteiger partial charge < -0.3 is 30.4 Å². The van der Waals surface area contributed by atoms with Crippen molar-refractivity contribution in [3.8, 4) is 44.5 Å². The standard InChI is InChI=1S/C68H85N8O4/c77-49-17-9-1-5-13-37-73-41-29-53(30-42-73)65-57-21-23-59(69-57)66(54-31-43-74(44-32-54)38-14-6-2-10-18-50-78)61-25-27-63(71-61)68(56-35-47-76(48-36-56)40-16-8-4-12-20-52-80)64-28-26-62(72-64)67(60-24-22-58(65)70-60)55-33-45-75(46-34-55)39-15-7-3-11-19-51-79/h21-36,41-48,77-80H,1-20,37-40,49-52H2,(H,69,70,71,72)/q+3/p+1. The van der Waals surface area contributed by atoms with Crippen LogP contribution < -0.4 is 18.3 Å². The first kappa shape index (κ1) is 57.7. The fourth-order valence-electron chi connectivity index (χ4n) is 11.3. The van der Waals surface area contributed by atoms with E-state index in [-0.39, 0.29) is 26.4 Å². The Morgan fingerprint density at radius 3 is 0.675 bits per heavy atom. The van der Waals surface area contributed by atoms with Gasteiger partial charge in [0.1, 0.15) is 26.2 Å². The van der Waals surface area contributed by atoms with E-state index in [1.165, 1.54) is 0 Å². The lowest BCUT2D eigenvalue weighted by molar-refractivity contribution is -0.697. The number of aromatic amines is 2. The number of fused-ring (bicyclic) bond motifs is 8. The summed E-state index contributed by atoms with van der Waals surface area (Å²) in [7, 11) is 0. The average molecular weight is 1080 g/mol. The largest absolute Gasteiger partial charge is 0.396 e. The molecular weight excluding hydrogens is 993 g/mol. The number of hydrogen-bond acceptors (Lipinski definition) is 6. The lowest BCUT2D eigenvalue weighted by atomic mass is 10.0. The second kappa shape index (κ2) is 30.6. The van der Waals surface area contributed by atoms with Gasteiger partial charge in [-0.3, -0.25) is 0 Å². The molecule has 8 bridgehead atoms. The highest BCUT2D eigenvalue weighted by molar-refractivity contribution is 5.99. The van der Waals surface area contributed by atoms with E-state index < -0.39 is 0 Å². The van der Waals surface area contributed by atoms with E-state index in [2.05, 4.69) is 175 Å². The normalized spacial score (nSPS) is 12.1. The van der Waals surface area contributed by atoms with Crippen LogP contribution in [0.1, 0.15) is 151 Å². The summed E-state index contributed by atoms with van der Waals surface area (Å²) in [5, 5.41) is 37.0. The summed E-state index contributed by atoms with van der Waals surface area (Å²) in [6.45, 7) is 4.79. The number of aryl methyl sites for hydroxylation is 4. The summed E-state index contributed by atoms with van der Waals surface area (Å²) in [6, 6.07) is 26.6. The van der Waals surface area contributed by atoms with Crippen molar-refractivity contribution in [2.75, 3.05) is 26.4 Å². The first-order chi connectivity index (χ1) is 39.5. The molecule has 12 heteroatoms. The summed E-state index contributed by atoms with van der Waals surface area (Å²) in [4.78, 5) is 19.1. The van der Waals surface area contributed by atoms with Gasteiger partial charge in [0, 0.05) is 145 Å². The van der Waals surface area contributed by atoms with Crippen LogP contribution in [0.2, 0.25) is 0 Å². The van der Waals surface area contributed by atoms with Crippen LogP contribution in [0.4, 0.5) is 0 Å². The molecule has 2 aliphatic heterocycles. The highest BCUT2D eigenvalue weighted by Gasteiger charge is 2.21. The summed E-state index contributed by atoms with van der Waals surface area (Å²) in [6.07, 6.45) is 47.4. The molecule has 0 saturated heterocycles. The predicted molar refractivity (Wildman–Crippen MR) is 322 cm³/mol. The molecule has 0 aliphatic carbocycles. The summed E-state index contributed by atoms with van der Waals surface area (Å²) < 4.78 is 9.09. The number of aliphatic hydroxyl groups excluding tert-OH is 4. The molecule has 7 aromatic rings. The first-order valence-corrected chi connectivity index (χ1v) is 30.1. The third-order valence-corrected chi connectivity index (χ3v) is 15.8. The Kier molecular flexibility index (Phi) is 22.1. The highest BCUT2D eigenvalue weighted by atomic mass is 16.3. The molecule has 418 valence electrons. The van der Waals surface area contributed by atoms with Crippen LogP contribution in [0.5, 0.6) is 0 Å². The van der Waals surface area contributed by atoms with E-state index in [0.717, 1.165) is 244 Å². The van der Waals surface area contributed by atoms with Crippen LogP contribution in [0.25, 0.3) is 90.9 Å². The van der Waals surface area contributed by atoms with Crippen LogP contribution in [0, 0.1) is 0 Å². The fraction of sp³-hybridized carbons (Fsp3) is 0.412. The Morgan fingerprint density at radius 1 is 0.263 bits per heavy atom. The lowest BCUT2D eigenvalue weighted by Gasteiger charge is -2.07. The van der Waals surface area contributed by atoms with Crippen LogP contribution in [0.15, 0.2) is 122 Å². The Morgan fingerprint density at radius 2 is 0.463 bits per heavy atom. The molecule has 0 fully saturated rings. The number of rotatable bonds is 32. The zero-order chi connectivity index (χ0) is 55.1. The summed E-state index contributed by atoms with van der Waals surface area (Å²) in [5.74, 6) is 0. The molecule has 0 aromatic carbocycles. The molecule has 9 heterocycles. The van der Waals surface area contributed by atoms with E-state index in [1.807, 2.05) is 0 Å². The molecule has 12 nitrogen and oxygen atoms in total. The first-order valence-electron chi connectivity index (χ1n) is 30.1. The zero-order valence-corrected chi connectivity index (χ0v) is 47.1. The van der Waals surface area contributed by atoms with Crippen molar-refractivity contribution in [2.45, 2.75) is 155 Å². The van der Waals surface area contributed by atoms with Crippen molar-refractivity contribution in [1.82, 2.24) is 19.9 Å². The van der Waals surface area contributed by atoms with E-state index in [9.17, 15) is 20.4 Å². The van der Waals surface area contributed by atoms with E-state index in [4.69, 9.17) is 9.97 Å². The van der Waals surface area contributed by atoms with Gasteiger partial charge in [-0.15, -0.1) is 0 Å². The van der Waals surface area contributed by atoms with Gasteiger partial charge in [0.15, 0.2) is 49.6 Å². The molecule has 0 saturated carbocycles. The smallest absolute Gasteiger partial charge is 0.169 e. The predicted octanol–water partition coefficient (Wildman–Crippen LogP) is 12.2. The number of H-pyrrole nitrogens is 2. The Balaban J connectivity index is 1.20. The van der Waals surface area contributed by atoms with Crippen LogP contribution >= 0.6 is 0 Å². The van der Waals surface area contributed by atoms with Crippen molar-refractivity contribution < 1.29 is 38.7 Å². The maximum absolute atomic E-state index is 9.26. The maximum atomic E-state index is 9.26. The van der Waals surface area contributed by atoms with Crippen molar-refractivity contribution in [3.05, 3.63) is 145 Å². The molecule has 80 heavy (non-hydrogen) atoms. The van der Waals surface area contributed by atoms with Gasteiger partial charge in [-0.05, 0) is 122 Å². The number of nitrogens with zero attached hydrogens (tertiary/aromatic N) is 6. The molecule has 6 N–H and O–H groups in total. The van der Waals surface area contributed by atoms with Gasteiger partial charge in [0.05, 0.1) is 22.8 Å². The second-order valence-electron chi connectivity index (χ2n) is 21.8. The molecule has 7 aromatic heterocycles. The molecule has 0 amide bonds. The summed E-state index contributed by atoms with van der Waals surface area (Å²) in [5.41, 5.74) is 15.7. The summed E-state index contributed by atoms with van der Waals surface area (Å²) >= 11 is 0. The molecule has 0 radical (unpaired) electrons. The zero-order valence-electron chi connectivity index (χ0n) is 47.1.